The Labute approximate surface area is 147 Å². The van der Waals surface area contributed by atoms with E-state index < -0.39 is 58.1 Å². The summed E-state index contributed by atoms with van der Waals surface area (Å²) in [6.45, 7) is 1.85. The number of aromatic hydroxyl groups is 1. The number of carbonyl (C=O) groups excluding carboxylic acids is 1. The highest BCUT2D eigenvalue weighted by molar-refractivity contribution is 7.17. The highest BCUT2D eigenvalue weighted by atomic mass is 32.1. The maximum atomic E-state index is 14.2. The number of hydrogen-bond donors (Lipinski definition) is 1. The van der Waals surface area contributed by atoms with Crippen LogP contribution in [0.15, 0.2) is 0 Å². The third-order valence-corrected chi connectivity index (χ3v) is 5.75. The Morgan fingerprint density at radius 2 is 1.77 bits per heavy atom. The molecular weight excluding hydrogens is 384 g/mol. The molecule has 1 heterocycles. The summed E-state index contributed by atoms with van der Waals surface area (Å²) in [5.41, 5.74) is -3.65. The number of benzene rings is 1. The second-order valence-corrected chi connectivity index (χ2v) is 7.24. The van der Waals surface area contributed by atoms with Gasteiger partial charge in [0.1, 0.15) is 10.4 Å². The average Bonchev–Trinajstić information content (AvgIpc) is 2.98. The molecule has 26 heavy (non-hydrogen) atoms. The van der Waals surface area contributed by atoms with Gasteiger partial charge in [-0.15, -0.1) is 11.3 Å². The maximum absolute atomic E-state index is 14.2. The van der Waals surface area contributed by atoms with Crippen LogP contribution in [0.1, 0.15) is 34.3 Å². The van der Waals surface area contributed by atoms with Gasteiger partial charge in [-0.2, -0.15) is 17.6 Å². The third-order valence-electron chi connectivity index (χ3n) is 4.64. The summed E-state index contributed by atoms with van der Waals surface area (Å²) in [6, 6.07) is 0. The molecule has 1 N–H and O–H groups in total. The minimum atomic E-state index is -4.77. The fourth-order valence-corrected chi connectivity index (χ4v) is 4.10. The van der Waals surface area contributed by atoms with Crippen LogP contribution in [0.5, 0.6) is 5.75 Å². The van der Waals surface area contributed by atoms with E-state index in [9.17, 15) is 36.2 Å². The van der Waals surface area contributed by atoms with Crippen molar-refractivity contribution in [1.29, 1.82) is 0 Å². The minimum absolute atomic E-state index is 0.0319. The van der Waals surface area contributed by atoms with Gasteiger partial charge in [-0.25, -0.2) is 13.8 Å². The summed E-state index contributed by atoms with van der Waals surface area (Å²) in [4.78, 5) is 16.0. The molecule has 3 nitrogen and oxygen atoms in total. The van der Waals surface area contributed by atoms with E-state index >= 15 is 0 Å². The number of aromatic nitrogens is 1. The zero-order valence-corrected chi connectivity index (χ0v) is 14.2. The summed E-state index contributed by atoms with van der Waals surface area (Å²) in [6.07, 6.45) is -5.48. The van der Waals surface area contributed by atoms with E-state index in [1.54, 1.807) is 0 Å². The monoisotopic (exact) mass is 395 g/mol. The Kier molecular flexibility index (Phi) is 4.10. The molecule has 1 aromatic carbocycles. The lowest BCUT2D eigenvalue weighted by atomic mass is 9.75. The zero-order chi connectivity index (χ0) is 19.6. The molecule has 0 radical (unpaired) electrons. The number of nitrogens with zero attached hydrogens (tertiary/aromatic N) is 1. The molecule has 1 aromatic heterocycles. The van der Waals surface area contributed by atoms with Crippen molar-refractivity contribution in [2.24, 2.45) is 5.41 Å². The highest BCUT2D eigenvalue weighted by Crippen LogP contribution is 2.49. The largest absolute Gasteiger partial charge is 0.503 e. The van der Waals surface area contributed by atoms with Gasteiger partial charge in [0.05, 0.1) is 16.1 Å². The first-order valence-corrected chi connectivity index (χ1v) is 8.19. The highest BCUT2D eigenvalue weighted by Gasteiger charge is 2.58. The van der Waals surface area contributed by atoms with Crippen LogP contribution in [-0.4, -0.2) is 22.1 Å². The van der Waals surface area contributed by atoms with Crippen molar-refractivity contribution < 1.29 is 36.2 Å². The molecule has 0 saturated heterocycles. The number of ketones is 1. The third kappa shape index (κ3) is 2.42. The molecule has 0 amide bonds. The average molecular weight is 395 g/mol. The molecule has 1 aliphatic carbocycles. The van der Waals surface area contributed by atoms with Crippen LogP contribution >= 0.6 is 11.3 Å². The number of aryl methyl sites for hydroxylation is 1. The van der Waals surface area contributed by atoms with Gasteiger partial charge in [-0.05, 0) is 26.7 Å². The van der Waals surface area contributed by atoms with Gasteiger partial charge in [0, 0.05) is 5.56 Å². The van der Waals surface area contributed by atoms with E-state index in [4.69, 9.17) is 0 Å². The number of halogens is 6. The first-order valence-electron chi connectivity index (χ1n) is 7.37. The predicted octanol–water partition coefficient (Wildman–Crippen LogP) is 4.94. The van der Waals surface area contributed by atoms with Crippen LogP contribution < -0.4 is 0 Å². The quantitative estimate of drug-likeness (QED) is 0.550. The molecule has 0 aliphatic heterocycles. The Morgan fingerprint density at radius 3 is 2.35 bits per heavy atom. The molecule has 140 valence electrons. The second-order valence-electron chi connectivity index (χ2n) is 6.24. The summed E-state index contributed by atoms with van der Waals surface area (Å²) >= 11 is 0.451. The summed E-state index contributed by atoms with van der Waals surface area (Å²) in [5, 5.41) is 8.90. The van der Waals surface area contributed by atoms with Crippen molar-refractivity contribution in [2.75, 3.05) is 0 Å². The van der Waals surface area contributed by atoms with Crippen molar-refractivity contribution in [3.05, 3.63) is 33.6 Å². The van der Waals surface area contributed by atoms with Gasteiger partial charge in [0.2, 0.25) is 5.82 Å². The molecule has 3 rings (SSSR count). The number of fused-ring (bicyclic) bond motifs is 1. The Morgan fingerprint density at radius 1 is 1.15 bits per heavy atom. The van der Waals surface area contributed by atoms with Gasteiger partial charge in [-0.3, -0.25) is 4.79 Å². The number of hydrogen-bond acceptors (Lipinski definition) is 4. The predicted molar refractivity (Wildman–Crippen MR) is 80.6 cm³/mol. The van der Waals surface area contributed by atoms with Gasteiger partial charge in [0.25, 0.3) is 0 Å². The number of alkyl halides is 3. The van der Waals surface area contributed by atoms with Gasteiger partial charge in [-0.1, -0.05) is 0 Å². The SMILES string of the molecule is Cc1c(F)c(O)c(F)c(F)c1-c1nc2c(s1)C(=O)[C@](C)(C(F)(F)F)CC2. The fourth-order valence-electron chi connectivity index (χ4n) is 2.82. The van der Waals surface area contributed by atoms with Crippen LogP contribution in [0.25, 0.3) is 10.6 Å². The number of rotatable bonds is 1. The lowest BCUT2D eigenvalue weighted by molar-refractivity contribution is -0.200. The van der Waals surface area contributed by atoms with Crippen molar-refractivity contribution in [1.82, 2.24) is 4.98 Å². The molecule has 0 unspecified atom stereocenters. The van der Waals surface area contributed by atoms with E-state index in [-0.39, 0.29) is 22.0 Å². The Balaban J connectivity index is 2.18. The number of phenols is 1. The van der Waals surface area contributed by atoms with Crippen molar-refractivity contribution in [2.45, 2.75) is 32.9 Å². The maximum Gasteiger partial charge on any atom is 0.401 e. The first-order chi connectivity index (χ1) is 11.9. The van der Waals surface area contributed by atoms with Crippen LogP contribution in [0.3, 0.4) is 0 Å². The molecule has 0 spiro atoms. The van der Waals surface area contributed by atoms with Crippen molar-refractivity contribution in [3.63, 3.8) is 0 Å². The molecular formula is C16H11F6NO2S. The van der Waals surface area contributed by atoms with E-state index in [0.29, 0.717) is 11.3 Å². The molecule has 1 atom stereocenters. The molecule has 0 saturated carbocycles. The number of Topliss-reactive ketones (excluding diaryl/α,β-unsaturated/α-hetero) is 1. The summed E-state index contributed by atoms with van der Waals surface area (Å²) < 4.78 is 81.5. The Hall–Kier alpha value is -2.10. The van der Waals surface area contributed by atoms with Crippen LogP contribution in [0, 0.1) is 29.8 Å². The van der Waals surface area contributed by atoms with Crippen molar-refractivity contribution >= 4 is 17.1 Å². The van der Waals surface area contributed by atoms with Gasteiger partial charge >= 0.3 is 6.18 Å². The lowest BCUT2D eigenvalue weighted by Gasteiger charge is -2.32. The van der Waals surface area contributed by atoms with E-state index in [1.165, 1.54) is 0 Å². The standard InChI is InChI=1S/C16H11F6NO2S/c1-5-7(9(18)10(19)11(24)8(5)17)14-23-6-3-4-15(2,16(20,21)22)13(25)12(6)26-14/h24H,3-4H2,1-2H3/t15-/m1/s1. The summed E-state index contributed by atoms with van der Waals surface area (Å²) in [5.74, 6) is -7.52. The molecule has 10 heteroatoms. The molecule has 0 bridgehead atoms. The fraction of sp³-hybridized carbons (Fsp3) is 0.375. The summed E-state index contributed by atoms with van der Waals surface area (Å²) in [7, 11) is 0. The number of thiazole rings is 1. The zero-order valence-electron chi connectivity index (χ0n) is 13.4. The smallest absolute Gasteiger partial charge is 0.401 e. The normalized spacial score (nSPS) is 20.4. The second kappa shape index (κ2) is 5.70. The van der Waals surface area contributed by atoms with Gasteiger partial charge < -0.3 is 5.11 Å². The van der Waals surface area contributed by atoms with Gasteiger partial charge in [0.15, 0.2) is 23.2 Å². The van der Waals surface area contributed by atoms with E-state index in [2.05, 4.69) is 4.98 Å². The lowest BCUT2D eigenvalue weighted by Crippen LogP contribution is -2.45. The van der Waals surface area contributed by atoms with Crippen LogP contribution in [0.2, 0.25) is 0 Å². The molecule has 1 aliphatic rings. The molecule has 2 aromatic rings. The van der Waals surface area contributed by atoms with Crippen LogP contribution in [-0.2, 0) is 6.42 Å². The first kappa shape index (κ1) is 18.7. The Bertz CT molecular complexity index is 907. The minimum Gasteiger partial charge on any atom is -0.503 e. The number of phenolic OH excluding ortho intramolecular Hbond substituents is 1. The van der Waals surface area contributed by atoms with Crippen molar-refractivity contribution in [3.8, 4) is 16.3 Å². The van der Waals surface area contributed by atoms with E-state index in [1.807, 2.05) is 0 Å². The van der Waals surface area contributed by atoms with Crippen LogP contribution in [0.4, 0.5) is 26.3 Å². The molecule has 0 fully saturated rings. The van der Waals surface area contributed by atoms with E-state index in [0.717, 1.165) is 13.8 Å². The topological polar surface area (TPSA) is 50.2 Å². The number of carbonyl (C=O) groups is 1.